The molecular formula is C60H84N10O9. The van der Waals surface area contributed by atoms with Gasteiger partial charge in [0, 0.05) is 62.2 Å². The number of hydrogen-bond acceptors (Lipinski definition) is 11. The summed E-state index contributed by atoms with van der Waals surface area (Å²) in [6.07, 6.45) is 9.60. The molecule has 2 aromatic heterocycles. The van der Waals surface area contributed by atoms with E-state index in [1.807, 2.05) is 78.1 Å². The highest BCUT2D eigenvalue weighted by Crippen LogP contribution is 2.33. The number of carbonyl (C=O) groups is 7. The lowest BCUT2D eigenvalue weighted by Crippen LogP contribution is -2.62. The minimum atomic E-state index is -1.30. The lowest BCUT2D eigenvalue weighted by atomic mass is 9.80. The molecule has 1 saturated carbocycles. The van der Waals surface area contributed by atoms with Crippen LogP contribution in [0.15, 0.2) is 67.5 Å². The second-order valence-corrected chi connectivity index (χ2v) is 24.3. The van der Waals surface area contributed by atoms with E-state index in [0.717, 1.165) is 35.7 Å². The van der Waals surface area contributed by atoms with Crippen LogP contribution in [0.25, 0.3) is 21.8 Å². The van der Waals surface area contributed by atoms with Gasteiger partial charge >= 0.3 is 6.01 Å². The van der Waals surface area contributed by atoms with Crippen molar-refractivity contribution >= 4 is 63.2 Å². The van der Waals surface area contributed by atoms with Gasteiger partial charge in [-0.15, -0.1) is 6.58 Å². The minimum Gasteiger partial charge on any atom is -0.460 e. The van der Waals surface area contributed by atoms with Crippen LogP contribution in [-0.2, 0) is 51.9 Å². The molecule has 79 heavy (non-hydrogen) atoms. The van der Waals surface area contributed by atoms with E-state index < -0.39 is 94.8 Å². The van der Waals surface area contributed by atoms with Gasteiger partial charge < -0.3 is 50.4 Å². The first kappa shape index (κ1) is 59.8. The van der Waals surface area contributed by atoms with Crippen LogP contribution in [0.1, 0.15) is 125 Å². The van der Waals surface area contributed by atoms with Crippen LogP contribution in [0.5, 0.6) is 6.01 Å². The number of aromatic nitrogens is 3. The average Bonchev–Trinajstić information content (AvgIpc) is 3.83. The van der Waals surface area contributed by atoms with Crippen LogP contribution in [0.3, 0.4) is 0 Å². The fourth-order valence-corrected chi connectivity index (χ4v) is 11.0. The predicted molar refractivity (Wildman–Crippen MR) is 302 cm³/mol. The molecule has 428 valence electrons. The third kappa shape index (κ3) is 14.5. The number of para-hydroxylation sites is 1. The Kier molecular flexibility index (Phi) is 19.0. The van der Waals surface area contributed by atoms with Gasteiger partial charge in [-0.2, -0.15) is 4.98 Å². The number of nitrogens with zero attached hydrogens (tertiary/aromatic N) is 6. The zero-order valence-electron chi connectivity index (χ0n) is 48.1. The largest absolute Gasteiger partial charge is 0.460 e. The predicted octanol–water partition coefficient (Wildman–Crippen LogP) is 5.34. The second-order valence-electron chi connectivity index (χ2n) is 24.3. The van der Waals surface area contributed by atoms with E-state index >= 15 is 14.4 Å². The Morgan fingerprint density at radius 3 is 2.06 bits per heavy atom. The molecule has 1 aliphatic carbocycles. The number of benzene rings is 2. The van der Waals surface area contributed by atoms with Crippen LogP contribution in [0.4, 0.5) is 0 Å². The molecule has 3 fully saturated rings. The summed E-state index contributed by atoms with van der Waals surface area (Å²) in [6.45, 7) is 20.8. The number of hydrogen-bond donors (Lipinski definition) is 5. The van der Waals surface area contributed by atoms with Crippen LogP contribution < -0.4 is 26.0 Å². The van der Waals surface area contributed by atoms with Crippen molar-refractivity contribution in [2.45, 2.75) is 180 Å². The highest BCUT2D eigenvalue weighted by molar-refractivity contribution is 5.99. The maximum absolute atomic E-state index is 15.5. The molecule has 2 aromatic carbocycles. The first-order valence-electron chi connectivity index (χ1n) is 28.1. The SMILES string of the molecule is C=CC(C)(C)n1cc(C[C@@H]2NC(=O)C(CC3CCC3)NC(=O)[C@H](CC(C)C)N3CCC[C@@H](C3=O)N(C)C(=O)[C@H](C)NC(=O)[C@H](Cc3ccc4nc(OCC(C)(C)O)ncc4c3)NC(=O)[C@H](CC(C)C)N(C)C2=O)c2ccccc21. The summed E-state index contributed by atoms with van der Waals surface area (Å²) in [4.78, 5) is 117. The molecule has 4 heterocycles. The minimum absolute atomic E-state index is 0.0125. The van der Waals surface area contributed by atoms with Gasteiger partial charge in [0.05, 0.1) is 16.7 Å². The van der Waals surface area contributed by atoms with Crippen molar-refractivity contribution in [1.82, 2.24) is 50.5 Å². The number of carbonyl (C=O) groups excluding carboxylic acids is 7. The lowest BCUT2D eigenvalue weighted by molar-refractivity contribution is -0.153. The summed E-state index contributed by atoms with van der Waals surface area (Å²) >= 11 is 0. The summed E-state index contributed by atoms with van der Waals surface area (Å²) in [5.74, 6) is -3.99. The number of piperidine rings is 1. The summed E-state index contributed by atoms with van der Waals surface area (Å²) in [7, 11) is 3.04. The normalized spacial score (nSPS) is 24.1. The van der Waals surface area contributed by atoms with Crippen LogP contribution >= 0.6 is 0 Å². The maximum atomic E-state index is 15.5. The van der Waals surface area contributed by atoms with E-state index in [2.05, 4.69) is 42.4 Å². The third-order valence-corrected chi connectivity index (χ3v) is 15.8. The Morgan fingerprint density at radius 2 is 1.41 bits per heavy atom. The monoisotopic (exact) mass is 1090 g/mol. The van der Waals surface area contributed by atoms with E-state index in [0.29, 0.717) is 35.7 Å². The number of amides is 7. The Labute approximate surface area is 465 Å². The highest BCUT2D eigenvalue weighted by Gasteiger charge is 2.43. The zero-order chi connectivity index (χ0) is 57.7. The number of likely N-dealkylation sites (N-methyl/N-ethyl adjacent to an activating group) is 2. The molecule has 3 aliphatic rings. The van der Waals surface area contributed by atoms with Crippen molar-refractivity contribution in [3.05, 3.63) is 78.6 Å². The molecule has 7 amide bonds. The number of ether oxygens (including phenoxy) is 1. The number of allylic oxidation sites excluding steroid dienone is 1. The Balaban J connectivity index is 1.32. The second kappa shape index (κ2) is 25.1. The van der Waals surface area contributed by atoms with E-state index in [1.165, 1.54) is 35.7 Å². The Morgan fingerprint density at radius 1 is 0.759 bits per heavy atom. The zero-order valence-corrected chi connectivity index (χ0v) is 48.1. The average molecular weight is 1090 g/mol. The van der Waals surface area contributed by atoms with Gasteiger partial charge in [0.15, 0.2) is 0 Å². The third-order valence-electron chi connectivity index (χ3n) is 15.8. The summed E-state index contributed by atoms with van der Waals surface area (Å²) < 4.78 is 7.70. The van der Waals surface area contributed by atoms with Gasteiger partial charge in [0.1, 0.15) is 48.9 Å². The molecule has 4 aromatic rings. The number of nitrogens with one attached hydrogen (secondary N) is 4. The van der Waals surface area contributed by atoms with E-state index in [4.69, 9.17) is 4.74 Å². The van der Waals surface area contributed by atoms with Crippen LogP contribution in [-0.4, -0.2) is 151 Å². The number of aliphatic hydroxyl groups is 1. The fourth-order valence-electron chi connectivity index (χ4n) is 11.0. The molecule has 0 spiro atoms. The summed E-state index contributed by atoms with van der Waals surface area (Å²) in [5.41, 5.74) is 1.12. The smallest absolute Gasteiger partial charge is 0.317 e. The van der Waals surface area contributed by atoms with E-state index in [1.54, 1.807) is 38.2 Å². The molecule has 0 radical (unpaired) electrons. The van der Waals surface area contributed by atoms with E-state index in [-0.39, 0.29) is 62.6 Å². The van der Waals surface area contributed by atoms with Crippen molar-refractivity contribution < 1.29 is 43.4 Å². The molecule has 19 nitrogen and oxygen atoms in total. The molecule has 2 bridgehead atoms. The van der Waals surface area contributed by atoms with Crippen molar-refractivity contribution in [2.24, 2.45) is 17.8 Å². The number of fused-ring (bicyclic) bond motifs is 4. The van der Waals surface area contributed by atoms with Gasteiger partial charge in [-0.05, 0) is 114 Å². The van der Waals surface area contributed by atoms with Crippen LogP contribution in [0, 0.1) is 17.8 Å². The van der Waals surface area contributed by atoms with Crippen molar-refractivity contribution in [3.8, 4) is 6.01 Å². The van der Waals surface area contributed by atoms with Gasteiger partial charge in [0.2, 0.25) is 41.4 Å². The molecular weight excluding hydrogens is 1000 g/mol. The number of rotatable bonds is 15. The summed E-state index contributed by atoms with van der Waals surface area (Å²) in [6, 6.07) is 5.25. The topological polar surface area (TPSA) is 237 Å². The standard InChI is InChI=1S/C60H84N10O9/c1-13-59(7,8)70-33-41(42-20-14-15-21-47(42)70)31-46-56(76)68(12)49(26-35(2)3)53(73)63-45(30-39-23-24-43-40(28-39)32-61-58(66-43)79-34-60(9,10)78)51(71)62-37(6)55(75)67(11)48-22-17-25-69(57(48)77)50(27-36(4)5)54(74)64-44(52(72)65-46)29-38-18-16-19-38/h13-15,20-21,23-24,28,32-33,35-38,44-46,48-50,78H,1,16-19,22,25-27,29-31,34H2,2-12H3,(H,62,71)(H,63,73)(H,64,74)(H,65,72)/t37-,44?,45-,46-,48-,49-,50-/m0/s1. The molecule has 7 atom stereocenters. The quantitative estimate of drug-likeness (QED) is 0.0953. The Bertz CT molecular complexity index is 2910. The first-order chi connectivity index (χ1) is 37.2. The molecule has 2 saturated heterocycles. The first-order valence-corrected chi connectivity index (χ1v) is 28.1. The lowest BCUT2D eigenvalue weighted by Gasteiger charge is -2.41. The van der Waals surface area contributed by atoms with Gasteiger partial charge in [0.25, 0.3) is 0 Å². The molecule has 5 N–H and O–H groups in total. The highest BCUT2D eigenvalue weighted by atomic mass is 16.5. The van der Waals surface area contributed by atoms with Crippen LogP contribution in [0.2, 0.25) is 0 Å². The maximum Gasteiger partial charge on any atom is 0.317 e. The molecule has 2 aliphatic heterocycles. The Hall–Kier alpha value is -6.89. The van der Waals surface area contributed by atoms with Crippen molar-refractivity contribution in [2.75, 3.05) is 27.2 Å². The van der Waals surface area contributed by atoms with Crippen molar-refractivity contribution in [1.29, 1.82) is 0 Å². The molecule has 19 heteroatoms. The fraction of sp³-hybridized carbons (Fsp3) is 0.583. The molecule has 1 unspecified atom stereocenters. The van der Waals surface area contributed by atoms with Gasteiger partial charge in [-0.25, -0.2) is 4.98 Å². The molecule has 7 rings (SSSR count). The van der Waals surface area contributed by atoms with E-state index in [9.17, 15) is 24.3 Å². The van der Waals surface area contributed by atoms with Crippen molar-refractivity contribution in [3.63, 3.8) is 0 Å². The summed E-state index contributed by atoms with van der Waals surface area (Å²) in [5, 5.41) is 23.6. The van der Waals surface area contributed by atoms with Gasteiger partial charge in [-0.3, -0.25) is 33.6 Å². The van der Waals surface area contributed by atoms with Gasteiger partial charge in [-0.1, -0.05) is 77.3 Å².